The molecule has 1 heterocycles. The highest BCUT2D eigenvalue weighted by Gasteiger charge is 2.27. The smallest absolute Gasteiger partial charge is 0.387 e. The summed E-state index contributed by atoms with van der Waals surface area (Å²) in [5, 5.41) is 10.3. The van der Waals surface area contributed by atoms with Crippen LogP contribution in [0.3, 0.4) is 0 Å². The molecule has 160 valence electrons. The van der Waals surface area contributed by atoms with Gasteiger partial charge < -0.3 is 14.6 Å². The molecule has 6 nitrogen and oxygen atoms in total. The molecule has 0 aliphatic heterocycles. The second kappa shape index (κ2) is 10.3. The average Bonchev–Trinajstić information content (AvgIpc) is 2.71. The third-order valence-electron chi connectivity index (χ3n) is 3.53. The maximum absolute atomic E-state index is 14.5. The van der Waals surface area contributed by atoms with Crippen LogP contribution in [0.4, 0.5) is 22.0 Å². The number of rotatable bonds is 8. The Kier molecular flexibility index (Phi) is 7.84. The Labute approximate surface area is 167 Å². The summed E-state index contributed by atoms with van der Waals surface area (Å²) < 4.78 is 75.1. The normalized spacial score (nSPS) is 12.2. The van der Waals surface area contributed by atoms with Crippen molar-refractivity contribution < 1.29 is 41.3 Å². The first-order valence-electron chi connectivity index (χ1n) is 8.39. The fraction of sp³-hybridized carbons (Fsp3) is 0.211. The summed E-state index contributed by atoms with van der Waals surface area (Å²) in [6, 6.07) is 5.14. The van der Waals surface area contributed by atoms with E-state index in [0.29, 0.717) is 5.69 Å². The van der Waals surface area contributed by atoms with Crippen molar-refractivity contribution in [1.82, 2.24) is 4.98 Å². The molecule has 30 heavy (non-hydrogen) atoms. The molecule has 1 aromatic carbocycles. The number of nitrogens with zero attached hydrogens (tertiary/aromatic N) is 2. The molecule has 0 amide bonds. The molecule has 0 aliphatic carbocycles. The largest absolute Gasteiger partial charge is 0.506 e. The van der Waals surface area contributed by atoms with E-state index in [9.17, 15) is 31.9 Å². The number of aliphatic hydroxyl groups excluding tert-OH is 1. The Balaban J connectivity index is 2.53. The van der Waals surface area contributed by atoms with Crippen molar-refractivity contribution in [3.8, 4) is 5.75 Å². The first-order valence-corrected chi connectivity index (χ1v) is 8.39. The van der Waals surface area contributed by atoms with Gasteiger partial charge in [-0.2, -0.15) is 13.2 Å². The average molecular weight is 430 g/mol. The molecular weight excluding hydrogens is 415 g/mol. The van der Waals surface area contributed by atoms with E-state index in [0.717, 1.165) is 6.21 Å². The van der Waals surface area contributed by atoms with Gasteiger partial charge in [-0.1, -0.05) is 6.07 Å². The molecule has 0 atom stereocenters. The Morgan fingerprint density at radius 3 is 2.60 bits per heavy atom. The predicted molar refractivity (Wildman–Crippen MR) is 95.6 cm³/mol. The minimum Gasteiger partial charge on any atom is -0.506 e. The zero-order chi connectivity index (χ0) is 22.3. The number of benzene rings is 1. The van der Waals surface area contributed by atoms with Crippen molar-refractivity contribution in [3.63, 3.8) is 0 Å². The molecule has 2 rings (SSSR count). The predicted octanol–water partition coefficient (Wildman–Crippen LogP) is 4.20. The molecule has 0 fully saturated rings. The van der Waals surface area contributed by atoms with Crippen LogP contribution in [-0.4, -0.2) is 35.5 Å². The second-order valence-electron chi connectivity index (χ2n) is 5.52. The van der Waals surface area contributed by atoms with Gasteiger partial charge in [0, 0.05) is 12.4 Å². The molecule has 0 aliphatic rings. The van der Waals surface area contributed by atoms with Crippen LogP contribution in [0.25, 0.3) is 5.76 Å². The molecule has 0 spiro atoms. The van der Waals surface area contributed by atoms with Crippen LogP contribution in [0.5, 0.6) is 5.75 Å². The standard InChI is InChI=1S/C19H15F5N2O4/c1-2-29-18(28)12(9-25-8-10-5-3-4-6-26-10)16(27)11-7-13(20)15(22)17(14(11)21)30-19(23)24/h3-7,9,19,27H,2,8H2,1H3. The number of pyridine rings is 1. The quantitative estimate of drug-likeness (QED) is 0.170. The van der Waals surface area contributed by atoms with Crippen LogP contribution in [0.1, 0.15) is 18.2 Å². The van der Waals surface area contributed by atoms with E-state index in [1.807, 2.05) is 0 Å². The number of ether oxygens (including phenoxy) is 2. The molecule has 0 unspecified atom stereocenters. The number of halogens is 5. The van der Waals surface area contributed by atoms with E-state index in [1.54, 1.807) is 18.2 Å². The second-order valence-corrected chi connectivity index (χ2v) is 5.52. The number of hydrogen-bond acceptors (Lipinski definition) is 6. The Morgan fingerprint density at radius 2 is 2.00 bits per heavy atom. The monoisotopic (exact) mass is 430 g/mol. The summed E-state index contributed by atoms with van der Waals surface area (Å²) in [6.45, 7) is -2.40. The highest BCUT2D eigenvalue weighted by atomic mass is 19.3. The van der Waals surface area contributed by atoms with Crippen LogP contribution < -0.4 is 4.74 Å². The lowest BCUT2D eigenvalue weighted by Gasteiger charge is -2.12. The van der Waals surface area contributed by atoms with E-state index in [-0.39, 0.29) is 19.2 Å². The Hall–Kier alpha value is -3.50. The van der Waals surface area contributed by atoms with E-state index >= 15 is 0 Å². The fourth-order valence-electron chi connectivity index (χ4n) is 2.23. The van der Waals surface area contributed by atoms with Gasteiger partial charge in [0.1, 0.15) is 11.3 Å². The molecule has 11 heteroatoms. The summed E-state index contributed by atoms with van der Waals surface area (Å²) in [7, 11) is 0. The van der Waals surface area contributed by atoms with Crippen molar-refractivity contribution in [3.05, 3.63) is 64.7 Å². The molecule has 1 aromatic heterocycles. The number of aliphatic hydroxyl groups is 1. The lowest BCUT2D eigenvalue weighted by atomic mass is 10.1. The van der Waals surface area contributed by atoms with Crippen LogP contribution in [0.15, 0.2) is 41.0 Å². The fourth-order valence-corrected chi connectivity index (χ4v) is 2.23. The van der Waals surface area contributed by atoms with Crippen LogP contribution >= 0.6 is 0 Å². The summed E-state index contributed by atoms with van der Waals surface area (Å²) in [5.74, 6) is -9.78. The first-order chi connectivity index (χ1) is 14.3. The van der Waals surface area contributed by atoms with E-state index < -0.39 is 52.7 Å². The SMILES string of the molecule is CCOC(=O)C(C=NCc1ccccn1)=C(O)c1cc(F)c(F)c(OC(F)F)c1F. The highest BCUT2D eigenvalue weighted by Crippen LogP contribution is 2.32. The number of aliphatic imine (C=N–C) groups is 1. The molecule has 1 N–H and O–H groups in total. The lowest BCUT2D eigenvalue weighted by Crippen LogP contribution is -2.13. The van der Waals surface area contributed by atoms with Crippen LogP contribution in [0, 0.1) is 17.5 Å². The Bertz CT molecular complexity index is 965. The number of alkyl halides is 2. The van der Waals surface area contributed by atoms with Gasteiger partial charge in [-0.3, -0.25) is 9.98 Å². The van der Waals surface area contributed by atoms with Crippen LogP contribution in [-0.2, 0) is 16.1 Å². The molecule has 0 saturated heterocycles. The maximum atomic E-state index is 14.5. The van der Waals surface area contributed by atoms with Gasteiger partial charge in [0.2, 0.25) is 11.6 Å². The summed E-state index contributed by atoms with van der Waals surface area (Å²) in [4.78, 5) is 20.0. The van der Waals surface area contributed by atoms with Gasteiger partial charge in [0.15, 0.2) is 11.6 Å². The molecule has 0 radical (unpaired) electrons. The zero-order valence-electron chi connectivity index (χ0n) is 15.4. The summed E-state index contributed by atoms with van der Waals surface area (Å²) >= 11 is 0. The van der Waals surface area contributed by atoms with Gasteiger partial charge in [0.05, 0.1) is 24.4 Å². The Morgan fingerprint density at radius 1 is 1.27 bits per heavy atom. The third-order valence-corrected chi connectivity index (χ3v) is 3.53. The van der Waals surface area contributed by atoms with Crippen LogP contribution in [0.2, 0.25) is 0 Å². The first kappa shape index (κ1) is 22.8. The van der Waals surface area contributed by atoms with Crippen molar-refractivity contribution in [2.45, 2.75) is 20.1 Å². The van der Waals surface area contributed by atoms with Gasteiger partial charge in [-0.15, -0.1) is 0 Å². The van der Waals surface area contributed by atoms with Crippen molar-refractivity contribution in [2.75, 3.05) is 6.61 Å². The minimum absolute atomic E-state index is 0.0446. The number of esters is 1. The summed E-state index contributed by atoms with van der Waals surface area (Å²) in [5.41, 5.74) is -1.33. The topological polar surface area (TPSA) is 81.0 Å². The summed E-state index contributed by atoms with van der Waals surface area (Å²) in [6.07, 6.45) is 2.31. The maximum Gasteiger partial charge on any atom is 0.387 e. The van der Waals surface area contributed by atoms with E-state index in [2.05, 4.69) is 14.7 Å². The third kappa shape index (κ3) is 5.52. The van der Waals surface area contributed by atoms with Crippen molar-refractivity contribution in [2.24, 2.45) is 4.99 Å². The molecule has 0 saturated carbocycles. The van der Waals surface area contributed by atoms with Gasteiger partial charge in [0.25, 0.3) is 0 Å². The van der Waals surface area contributed by atoms with Gasteiger partial charge in [-0.25, -0.2) is 13.6 Å². The number of aromatic nitrogens is 1. The van der Waals surface area contributed by atoms with Gasteiger partial charge >= 0.3 is 12.6 Å². The lowest BCUT2D eigenvalue weighted by molar-refractivity contribution is -0.137. The van der Waals surface area contributed by atoms with Crippen molar-refractivity contribution >= 4 is 17.9 Å². The molecule has 0 bridgehead atoms. The van der Waals surface area contributed by atoms with Crippen molar-refractivity contribution in [1.29, 1.82) is 0 Å². The minimum atomic E-state index is -3.67. The number of hydrogen-bond donors (Lipinski definition) is 1. The zero-order valence-corrected chi connectivity index (χ0v) is 15.4. The number of carbonyl (C=O) groups excluding carboxylic acids is 1. The highest BCUT2D eigenvalue weighted by molar-refractivity contribution is 6.15. The van der Waals surface area contributed by atoms with E-state index in [1.165, 1.54) is 13.1 Å². The van der Waals surface area contributed by atoms with Gasteiger partial charge in [-0.05, 0) is 25.1 Å². The molecular formula is C19H15F5N2O4. The molecule has 2 aromatic rings. The number of carbonyl (C=O) groups is 1. The van der Waals surface area contributed by atoms with E-state index in [4.69, 9.17) is 4.74 Å².